The number of carbonyl (C=O) groups excluding carboxylic acids is 1. The number of rotatable bonds is 11. The number of phenolic OH excluding ortho intramolecular Hbond substituents is 1. The molecular formula is C33H29N3O6. The van der Waals surface area contributed by atoms with Crippen molar-refractivity contribution in [2.24, 2.45) is 0 Å². The topological polar surface area (TPSA) is 131 Å². The average molecular weight is 564 g/mol. The van der Waals surface area contributed by atoms with Gasteiger partial charge in [-0.2, -0.15) is 0 Å². The Labute approximate surface area is 242 Å². The molecule has 3 aromatic carbocycles. The van der Waals surface area contributed by atoms with Crippen LogP contribution in [0.5, 0.6) is 11.6 Å². The van der Waals surface area contributed by atoms with Crippen molar-refractivity contribution in [2.45, 2.75) is 19.1 Å². The first-order chi connectivity index (χ1) is 20.4. The molecule has 1 amide bonds. The number of carbonyl (C=O) groups is 2. The van der Waals surface area contributed by atoms with Crippen molar-refractivity contribution < 1.29 is 29.3 Å². The van der Waals surface area contributed by atoms with Crippen LogP contribution in [0.15, 0.2) is 97.2 Å². The number of phenols is 1. The molecule has 0 unspecified atom stereocenters. The third kappa shape index (κ3) is 6.89. The van der Waals surface area contributed by atoms with Gasteiger partial charge in [0, 0.05) is 24.8 Å². The van der Waals surface area contributed by atoms with Crippen LogP contribution >= 0.6 is 0 Å². The van der Waals surface area contributed by atoms with Gasteiger partial charge in [0.25, 0.3) is 5.91 Å². The average Bonchev–Trinajstić information content (AvgIpc) is 3.01. The Hall–Kier alpha value is -5.28. The van der Waals surface area contributed by atoms with E-state index in [4.69, 9.17) is 9.47 Å². The van der Waals surface area contributed by atoms with Gasteiger partial charge in [-0.25, -0.2) is 14.8 Å². The van der Waals surface area contributed by atoms with Crippen molar-refractivity contribution in [3.8, 4) is 22.8 Å². The number of hydrogen-bond acceptors (Lipinski definition) is 7. The minimum absolute atomic E-state index is 0.00636. The maximum absolute atomic E-state index is 13.2. The standard InChI is InChI=1S/C33H29N3O6/c1-41-20-25(16-21-8-11-26(37)12-9-21)35-32(38)30-18-28(33(39)40)27-17-24(10-13-29(27)36-30)23-6-4-5-22(15-23)19-42-31-7-2-3-14-34-31/h2-15,17-18,25,37H,16,19-20H2,1H3,(H,35,38)(H,39,40)/t25-/m0/s1. The van der Waals surface area contributed by atoms with Gasteiger partial charge in [-0.05, 0) is 71.1 Å². The lowest BCUT2D eigenvalue weighted by atomic mass is 9.99. The largest absolute Gasteiger partial charge is 0.508 e. The zero-order valence-corrected chi connectivity index (χ0v) is 22.9. The smallest absolute Gasteiger partial charge is 0.336 e. The Bertz CT molecular complexity index is 1710. The van der Waals surface area contributed by atoms with Crippen LogP contribution in [-0.4, -0.2) is 51.8 Å². The van der Waals surface area contributed by atoms with Crippen LogP contribution in [0, 0.1) is 0 Å². The van der Waals surface area contributed by atoms with Gasteiger partial charge in [-0.3, -0.25) is 4.79 Å². The highest BCUT2D eigenvalue weighted by molar-refractivity contribution is 6.06. The number of benzene rings is 3. The summed E-state index contributed by atoms with van der Waals surface area (Å²) in [5.41, 5.74) is 3.87. The lowest BCUT2D eigenvalue weighted by molar-refractivity contribution is 0.0699. The molecule has 9 heteroatoms. The minimum atomic E-state index is -1.16. The molecule has 0 bridgehead atoms. The molecule has 212 valence electrons. The fraction of sp³-hybridized carbons (Fsp3) is 0.152. The molecule has 0 spiro atoms. The Balaban J connectivity index is 1.38. The summed E-state index contributed by atoms with van der Waals surface area (Å²) in [5.74, 6) is -0.994. The number of methoxy groups -OCH3 is 1. The number of aromatic carboxylic acids is 1. The maximum Gasteiger partial charge on any atom is 0.336 e. The van der Waals surface area contributed by atoms with Crippen molar-refractivity contribution in [1.29, 1.82) is 0 Å². The summed E-state index contributed by atoms with van der Waals surface area (Å²) < 4.78 is 11.0. The molecule has 2 heterocycles. The van der Waals surface area contributed by atoms with Gasteiger partial charge in [0.05, 0.1) is 23.7 Å². The van der Waals surface area contributed by atoms with E-state index in [-0.39, 0.29) is 23.6 Å². The molecule has 3 N–H and O–H groups in total. The van der Waals surface area contributed by atoms with Crippen molar-refractivity contribution in [3.05, 3.63) is 120 Å². The maximum atomic E-state index is 13.2. The van der Waals surface area contributed by atoms with E-state index < -0.39 is 17.9 Å². The van der Waals surface area contributed by atoms with Crippen LogP contribution in [-0.2, 0) is 17.8 Å². The molecule has 9 nitrogen and oxygen atoms in total. The number of carboxylic acid groups (broad SMARTS) is 1. The molecule has 5 aromatic rings. The van der Waals surface area contributed by atoms with Crippen LogP contribution in [0.2, 0.25) is 0 Å². The SMILES string of the molecule is COC[C@H](Cc1ccc(O)cc1)NC(=O)c1cc(C(=O)O)c2cc(-c3cccc(COc4ccccn4)c3)ccc2n1. The van der Waals surface area contributed by atoms with Crippen LogP contribution in [0.1, 0.15) is 32.0 Å². The predicted octanol–water partition coefficient (Wildman–Crippen LogP) is 5.27. The molecular weight excluding hydrogens is 534 g/mol. The first kappa shape index (κ1) is 28.3. The van der Waals surface area contributed by atoms with Crippen LogP contribution in [0.25, 0.3) is 22.0 Å². The normalized spacial score (nSPS) is 11.6. The van der Waals surface area contributed by atoms with E-state index in [1.54, 1.807) is 48.7 Å². The predicted molar refractivity (Wildman–Crippen MR) is 158 cm³/mol. The van der Waals surface area contributed by atoms with Gasteiger partial charge in [-0.1, -0.05) is 42.5 Å². The Morgan fingerprint density at radius 2 is 1.71 bits per heavy atom. The number of nitrogens with one attached hydrogen (secondary N) is 1. The van der Waals surface area contributed by atoms with Gasteiger partial charge in [0.15, 0.2) is 0 Å². The van der Waals surface area contributed by atoms with Crippen molar-refractivity contribution in [2.75, 3.05) is 13.7 Å². The molecule has 0 radical (unpaired) electrons. The summed E-state index contributed by atoms with van der Waals surface area (Å²) in [7, 11) is 1.54. The number of carboxylic acids is 1. The number of pyridine rings is 2. The van der Waals surface area contributed by atoms with Crippen molar-refractivity contribution >= 4 is 22.8 Å². The third-order valence-corrected chi connectivity index (χ3v) is 6.68. The quantitative estimate of drug-likeness (QED) is 0.198. The number of aromatic hydroxyl groups is 1. The van der Waals surface area contributed by atoms with Crippen molar-refractivity contribution in [3.63, 3.8) is 0 Å². The molecule has 0 saturated heterocycles. The number of aromatic nitrogens is 2. The molecule has 0 saturated carbocycles. The van der Waals surface area contributed by atoms with Crippen LogP contribution in [0.4, 0.5) is 0 Å². The van der Waals surface area contributed by atoms with Gasteiger partial charge in [-0.15, -0.1) is 0 Å². The van der Waals surface area contributed by atoms with E-state index in [1.165, 1.54) is 13.2 Å². The second-order valence-corrected chi connectivity index (χ2v) is 9.75. The fourth-order valence-electron chi connectivity index (χ4n) is 4.66. The van der Waals surface area contributed by atoms with Crippen LogP contribution in [0.3, 0.4) is 0 Å². The lowest BCUT2D eigenvalue weighted by Gasteiger charge is -2.18. The van der Waals surface area contributed by atoms with E-state index >= 15 is 0 Å². The van der Waals surface area contributed by atoms with E-state index in [9.17, 15) is 19.8 Å². The summed E-state index contributed by atoms with van der Waals surface area (Å²) in [6.07, 6.45) is 2.12. The van der Waals surface area contributed by atoms with Gasteiger partial charge < -0.3 is 25.0 Å². The van der Waals surface area contributed by atoms with E-state index in [1.807, 2.05) is 42.5 Å². The lowest BCUT2D eigenvalue weighted by Crippen LogP contribution is -2.40. The van der Waals surface area contributed by atoms with Crippen LogP contribution < -0.4 is 10.1 Å². The molecule has 5 rings (SSSR count). The number of hydrogen-bond donors (Lipinski definition) is 3. The number of fused-ring (bicyclic) bond motifs is 1. The summed E-state index contributed by atoms with van der Waals surface area (Å²) in [6.45, 7) is 0.566. The highest BCUT2D eigenvalue weighted by atomic mass is 16.5. The molecule has 2 aromatic heterocycles. The second-order valence-electron chi connectivity index (χ2n) is 9.75. The Morgan fingerprint density at radius 1 is 0.905 bits per heavy atom. The Kier molecular flexibility index (Phi) is 8.70. The molecule has 0 fully saturated rings. The molecule has 0 aliphatic rings. The molecule has 1 atom stereocenters. The van der Waals surface area contributed by atoms with Gasteiger partial charge in [0.2, 0.25) is 5.88 Å². The van der Waals surface area contributed by atoms with E-state index in [0.29, 0.717) is 29.8 Å². The summed E-state index contributed by atoms with van der Waals surface area (Å²) in [6, 6.07) is 26.1. The molecule has 0 aliphatic carbocycles. The fourth-order valence-corrected chi connectivity index (χ4v) is 4.66. The van der Waals surface area contributed by atoms with E-state index in [0.717, 1.165) is 22.3 Å². The zero-order valence-electron chi connectivity index (χ0n) is 22.9. The van der Waals surface area contributed by atoms with Crippen molar-refractivity contribution in [1.82, 2.24) is 15.3 Å². The molecule has 0 aliphatic heterocycles. The summed E-state index contributed by atoms with van der Waals surface area (Å²) >= 11 is 0. The van der Waals surface area contributed by atoms with E-state index in [2.05, 4.69) is 15.3 Å². The summed E-state index contributed by atoms with van der Waals surface area (Å²) in [5, 5.41) is 22.9. The Morgan fingerprint density at radius 3 is 2.45 bits per heavy atom. The highest BCUT2D eigenvalue weighted by Crippen LogP contribution is 2.28. The molecule has 42 heavy (non-hydrogen) atoms. The van der Waals surface area contributed by atoms with Gasteiger partial charge >= 0.3 is 5.97 Å². The first-order valence-corrected chi connectivity index (χ1v) is 13.3. The number of nitrogens with zero attached hydrogens (tertiary/aromatic N) is 2. The monoisotopic (exact) mass is 563 g/mol. The number of amides is 1. The third-order valence-electron chi connectivity index (χ3n) is 6.68. The second kappa shape index (κ2) is 12.9. The zero-order chi connectivity index (χ0) is 29.5. The van der Waals surface area contributed by atoms with Gasteiger partial charge in [0.1, 0.15) is 18.1 Å². The highest BCUT2D eigenvalue weighted by Gasteiger charge is 2.20. The summed E-state index contributed by atoms with van der Waals surface area (Å²) in [4.78, 5) is 34.1. The first-order valence-electron chi connectivity index (χ1n) is 13.3. The number of ether oxygens (including phenoxy) is 2. The minimum Gasteiger partial charge on any atom is -0.508 e.